The van der Waals surface area contributed by atoms with Crippen LogP contribution in [0.5, 0.6) is 5.75 Å². The second kappa shape index (κ2) is 7.40. The van der Waals surface area contributed by atoms with Crippen LogP contribution in [-0.4, -0.2) is 25.2 Å². The van der Waals surface area contributed by atoms with Crippen LogP contribution in [0, 0.1) is 12.3 Å². The molecule has 1 aromatic carbocycles. The van der Waals surface area contributed by atoms with Gasteiger partial charge in [-0.25, -0.2) is 4.79 Å². The Morgan fingerprint density at radius 2 is 2.15 bits per heavy atom. The van der Waals surface area contributed by atoms with Gasteiger partial charge in [-0.1, -0.05) is 0 Å². The van der Waals surface area contributed by atoms with Gasteiger partial charge in [0.25, 0.3) is 0 Å². The quantitative estimate of drug-likeness (QED) is 0.582. The molecule has 1 aliphatic rings. The molecular formula is C19H19N3O4. The Morgan fingerprint density at radius 3 is 2.85 bits per heavy atom. The molecule has 26 heavy (non-hydrogen) atoms. The van der Waals surface area contributed by atoms with Gasteiger partial charge in [0.05, 0.1) is 13.5 Å². The van der Waals surface area contributed by atoms with Gasteiger partial charge >= 0.3 is 5.63 Å². The zero-order chi connectivity index (χ0) is 18.6. The fraction of sp³-hybridized carbons (Fsp3) is 0.368. The Kier molecular flexibility index (Phi) is 5.03. The fourth-order valence-corrected chi connectivity index (χ4v) is 2.79. The molecule has 3 rings (SSSR count). The van der Waals surface area contributed by atoms with Crippen molar-refractivity contribution in [2.75, 3.05) is 13.7 Å². The van der Waals surface area contributed by atoms with Crippen molar-refractivity contribution in [1.82, 2.24) is 5.32 Å². The predicted molar refractivity (Wildman–Crippen MR) is 96.0 cm³/mol. The Bertz CT molecular complexity index is 949. The molecular weight excluding hydrogens is 334 g/mol. The number of hydrogen-bond donors (Lipinski definition) is 1. The van der Waals surface area contributed by atoms with Crippen molar-refractivity contribution in [3.8, 4) is 18.1 Å². The summed E-state index contributed by atoms with van der Waals surface area (Å²) < 4.78 is 10.3. The summed E-state index contributed by atoms with van der Waals surface area (Å²) in [7, 11) is 1.53. The van der Waals surface area contributed by atoms with E-state index in [2.05, 4.69) is 21.5 Å². The smallest absolute Gasteiger partial charge is 0.336 e. The Morgan fingerprint density at radius 1 is 1.35 bits per heavy atom. The molecule has 0 atom stereocenters. The number of carbonyl (C=O) groups excluding carboxylic acids is 1. The maximum atomic E-state index is 12.2. The number of carbonyl (C=O) groups is 1. The monoisotopic (exact) mass is 353 g/mol. The van der Waals surface area contributed by atoms with Gasteiger partial charge in [-0.3, -0.25) is 4.79 Å². The Balaban J connectivity index is 1.62. The largest absolute Gasteiger partial charge is 0.497 e. The van der Waals surface area contributed by atoms with Gasteiger partial charge in [-0.15, -0.1) is 12.3 Å². The van der Waals surface area contributed by atoms with Gasteiger partial charge < -0.3 is 14.5 Å². The number of amides is 1. The maximum Gasteiger partial charge on any atom is 0.336 e. The number of hydrogen-bond acceptors (Lipinski definition) is 6. The molecule has 1 aromatic heterocycles. The molecule has 0 unspecified atom stereocenters. The van der Waals surface area contributed by atoms with Crippen LogP contribution >= 0.6 is 0 Å². The van der Waals surface area contributed by atoms with E-state index in [4.69, 9.17) is 15.6 Å². The predicted octanol–water partition coefficient (Wildman–Crippen LogP) is 2.43. The van der Waals surface area contributed by atoms with Gasteiger partial charge in [-0.05, 0) is 17.7 Å². The third-order valence-corrected chi connectivity index (χ3v) is 4.29. The van der Waals surface area contributed by atoms with E-state index in [0.717, 1.165) is 0 Å². The van der Waals surface area contributed by atoms with Gasteiger partial charge in [0.15, 0.2) is 5.66 Å². The van der Waals surface area contributed by atoms with Gasteiger partial charge in [0.1, 0.15) is 11.3 Å². The van der Waals surface area contributed by atoms with Crippen LogP contribution in [0.4, 0.5) is 0 Å². The molecule has 2 aromatic rings. The van der Waals surface area contributed by atoms with E-state index in [1.165, 1.54) is 13.2 Å². The first-order valence-electron chi connectivity index (χ1n) is 8.30. The summed E-state index contributed by atoms with van der Waals surface area (Å²) in [6.45, 7) is 0.448. The third kappa shape index (κ3) is 4.09. The number of rotatable bonds is 8. The highest BCUT2D eigenvalue weighted by Crippen LogP contribution is 2.36. The summed E-state index contributed by atoms with van der Waals surface area (Å²) in [6, 6.07) is 6.50. The van der Waals surface area contributed by atoms with Crippen LogP contribution in [0.1, 0.15) is 24.8 Å². The van der Waals surface area contributed by atoms with E-state index in [1.54, 1.807) is 18.2 Å². The highest BCUT2D eigenvalue weighted by molar-refractivity contribution is 5.87. The summed E-state index contributed by atoms with van der Waals surface area (Å²) in [6.07, 6.45) is 7.27. The molecule has 2 heterocycles. The SMILES string of the molecule is C#CCCC1(CCNC(=O)Cc2cc(=O)oc3cc(OC)ccc23)N=N1. The lowest BCUT2D eigenvalue weighted by Crippen LogP contribution is -2.29. The first-order chi connectivity index (χ1) is 12.5. The van der Waals surface area contributed by atoms with Crippen molar-refractivity contribution in [3.63, 3.8) is 0 Å². The number of terminal acetylenes is 1. The molecule has 0 spiro atoms. The van der Waals surface area contributed by atoms with E-state index in [9.17, 15) is 9.59 Å². The molecule has 0 bridgehead atoms. The van der Waals surface area contributed by atoms with Crippen molar-refractivity contribution >= 4 is 16.9 Å². The first-order valence-corrected chi connectivity index (χ1v) is 8.30. The molecule has 0 saturated carbocycles. The Labute approximate surface area is 150 Å². The van der Waals surface area contributed by atoms with E-state index in [-0.39, 0.29) is 12.3 Å². The highest BCUT2D eigenvalue weighted by atomic mass is 16.5. The number of benzene rings is 1. The second-order valence-corrected chi connectivity index (χ2v) is 6.12. The van der Waals surface area contributed by atoms with E-state index in [0.29, 0.717) is 48.1 Å². The maximum absolute atomic E-state index is 12.2. The second-order valence-electron chi connectivity index (χ2n) is 6.12. The van der Waals surface area contributed by atoms with Gasteiger partial charge in [-0.2, -0.15) is 10.2 Å². The number of ether oxygens (including phenoxy) is 1. The zero-order valence-corrected chi connectivity index (χ0v) is 14.4. The molecule has 0 aliphatic carbocycles. The molecule has 7 heteroatoms. The molecule has 134 valence electrons. The number of fused-ring (bicyclic) bond motifs is 1. The minimum absolute atomic E-state index is 0.0834. The summed E-state index contributed by atoms with van der Waals surface area (Å²) in [4.78, 5) is 24.0. The topological polar surface area (TPSA) is 93.3 Å². The van der Waals surface area contributed by atoms with Crippen LogP contribution in [0.2, 0.25) is 0 Å². The van der Waals surface area contributed by atoms with Crippen LogP contribution in [-0.2, 0) is 11.2 Å². The number of nitrogens with one attached hydrogen (secondary N) is 1. The lowest BCUT2D eigenvalue weighted by atomic mass is 10.0. The van der Waals surface area contributed by atoms with Crippen LogP contribution in [0.15, 0.2) is 43.7 Å². The molecule has 0 fully saturated rings. The average molecular weight is 353 g/mol. The van der Waals surface area contributed by atoms with Crippen molar-refractivity contribution < 1.29 is 13.9 Å². The molecule has 1 aliphatic heterocycles. The highest BCUT2D eigenvalue weighted by Gasteiger charge is 2.38. The lowest BCUT2D eigenvalue weighted by molar-refractivity contribution is -0.120. The lowest BCUT2D eigenvalue weighted by Gasteiger charge is -2.10. The fourth-order valence-electron chi connectivity index (χ4n) is 2.79. The summed E-state index contributed by atoms with van der Waals surface area (Å²) in [5.74, 6) is 2.97. The Hall–Kier alpha value is -3.14. The van der Waals surface area contributed by atoms with E-state index >= 15 is 0 Å². The molecule has 1 amide bonds. The molecule has 1 N–H and O–H groups in total. The number of methoxy groups -OCH3 is 1. The summed E-state index contributed by atoms with van der Waals surface area (Å²) >= 11 is 0. The van der Waals surface area contributed by atoms with E-state index < -0.39 is 11.3 Å². The summed E-state index contributed by atoms with van der Waals surface area (Å²) in [5.41, 5.74) is 0.0802. The standard InChI is InChI=1S/C19H19N3O4/c1-3-4-7-19(21-22-19)8-9-20-17(23)10-13-11-18(24)26-16-12-14(25-2)5-6-15(13)16/h1,5-6,11-12H,4,7-10H2,2H3,(H,20,23). The van der Waals surface area contributed by atoms with Gasteiger partial charge in [0.2, 0.25) is 5.91 Å². The minimum Gasteiger partial charge on any atom is -0.497 e. The van der Waals surface area contributed by atoms with Crippen molar-refractivity contribution in [3.05, 3.63) is 40.2 Å². The van der Waals surface area contributed by atoms with Crippen LogP contribution in [0.3, 0.4) is 0 Å². The van der Waals surface area contributed by atoms with Crippen LogP contribution < -0.4 is 15.7 Å². The van der Waals surface area contributed by atoms with Gasteiger partial charge in [0, 0.05) is 43.3 Å². The third-order valence-electron chi connectivity index (χ3n) is 4.29. The zero-order valence-electron chi connectivity index (χ0n) is 14.4. The van der Waals surface area contributed by atoms with Crippen molar-refractivity contribution in [2.45, 2.75) is 31.3 Å². The first kappa shape index (κ1) is 17.7. The van der Waals surface area contributed by atoms with E-state index in [1.807, 2.05) is 0 Å². The normalized spacial score (nSPS) is 14.0. The minimum atomic E-state index is -0.502. The van der Waals surface area contributed by atoms with Crippen molar-refractivity contribution in [2.24, 2.45) is 10.2 Å². The average Bonchev–Trinajstić information content (AvgIpc) is 3.39. The molecule has 0 saturated heterocycles. The van der Waals surface area contributed by atoms with Crippen molar-refractivity contribution in [1.29, 1.82) is 0 Å². The summed E-state index contributed by atoms with van der Waals surface area (Å²) in [5, 5.41) is 11.6. The molecule has 0 radical (unpaired) electrons. The molecule has 7 nitrogen and oxygen atoms in total. The van der Waals surface area contributed by atoms with Crippen LogP contribution in [0.25, 0.3) is 11.0 Å². The number of nitrogens with zero attached hydrogens (tertiary/aromatic N) is 2.